The van der Waals surface area contributed by atoms with Crippen LogP contribution < -0.4 is 5.73 Å². The molecule has 0 aromatic heterocycles. The number of halogens is 1. The maximum Gasteiger partial charge on any atom is 0.128 e. The summed E-state index contributed by atoms with van der Waals surface area (Å²) in [5.74, 6) is -0.185. The highest BCUT2D eigenvalue weighted by Crippen LogP contribution is 2.30. The predicted molar refractivity (Wildman–Crippen MR) is 60.0 cm³/mol. The Bertz CT molecular complexity index is 396. The van der Waals surface area contributed by atoms with Crippen LogP contribution in [0.15, 0.2) is 29.8 Å². The van der Waals surface area contributed by atoms with E-state index in [0.29, 0.717) is 5.56 Å². The lowest BCUT2D eigenvalue weighted by Gasteiger charge is -2.14. The summed E-state index contributed by atoms with van der Waals surface area (Å²) in [6.45, 7) is 1.88. The molecule has 1 nitrogen and oxygen atoms in total. The molecule has 0 saturated carbocycles. The highest BCUT2D eigenvalue weighted by Gasteiger charge is 2.17. The Morgan fingerprint density at radius 3 is 2.80 bits per heavy atom. The summed E-state index contributed by atoms with van der Waals surface area (Å²) in [5, 5.41) is 0. The van der Waals surface area contributed by atoms with Crippen molar-refractivity contribution in [3.63, 3.8) is 0 Å². The summed E-state index contributed by atoms with van der Waals surface area (Å²) in [6.07, 6.45) is 5.38. The van der Waals surface area contributed by atoms with Crippen molar-refractivity contribution in [3.8, 4) is 0 Å². The first-order valence-electron chi connectivity index (χ1n) is 5.39. The van der Waals surface area contributed by atoms with E-state index in [1.807, 2.05) is 13.0 Å². The second-order valence-corrected chi connectivity index (χ2v) is 4.17. The van der Waals surface area contributed by atoms with Gasteiger partial charge in [0.15, 0.2) is 0 Å². The van der Waals surface area contributed by atoms with Crippen molar-refractivity contribution in [2.45, 2.75) is 32.2 Å². The van der Waals surface area contributed by atoms with Crippen LogP contribution in [0.1, 0.15) is 36.4 Å². The first-order valence-corrected chi connectivity index (χ1v) is 5.39. The lowest BCUT2D eigenvalue weighted by atomic mass is 9.98. The molecule has 1 aliphatic carbocycles. The smallest absolute Gasteiger partial charge is 0.128 e. The van der Waals surface area contributed by atoms with Gasteiger partial charge in [0.2, 0.25) is 0 Å². The molecule has 80 valence electrons. The summed E-state index contributed by atoms with van der Waals surface area (Å²) in [7, 11) is 0. The second kappa shape index (κ2) is 4.15. The summed E-state index contributed by atoms with van der Waals surface area (Å²) < 4.78 is 13.6. The van der Waals surface area contributed by atoms with Crippen molar-refractivity contribution < 1.29 is 4.39 Å². The Morgan fingerprint density at radius 2 is 2.20 bits per heavy atom. The zero-order chi connectivity index (χ0) is 10.8. The minimum Gasteiger partial charge on any atom is -0.320 e. The maximum atomic E-state index is 13.6. The topological polar surface area (TPSA) is 26.0 Å². The van der Waals surface area contributed by atoms with E-state index in [-0.39, 0.29) is 11.9 Å². The Kier molecular flexibility index (Phi) is 2.87. The van der Waals surface area contributed by atoms with Crippen LogP contribution >= 0.6 is 0 Å². The van der Waals surface area contributed by atoms with E-state index < -0.39 is 0 Å². The molecule has 0 amide bonds. The van der Waals surface area contributed by atoms with Gasteiger partial charge in [-0.1, -0.05) is 23.8 Å². The van der Waals surface area contributed by atoms with Gasteiger partial charge in [-0.3, -0.25) is 0 Å². The molecule has 1 aromatic rings. The van der Waals surface area contributed by atoms with Gasteiger partial charge in [0, 0.05) is 5.56 Å². The molecule has 1 atom stereocenters. The summed E-state index contributed by atoms with van der Waals surface area (Å²) in [4.78, 5) is 0. The quantitative estimate of drug-likeness (QED) is 0.737. The van der Waals surface area contributed by atoms with Crippen molar-refractivity contribution in [1.29, 1.82) is 0 Å². The highest BCUT2D eigenvalue weighted by atomic mass is 19.1. The number of hydrogen-bond donors (Lipinski definition) is 1. The zero-order valence-electron chi connectivity index (χ0n) is 8.96. The van der Waals surface area contributed by atoms with Crippen LogP contribution in [0.5, 0.6) is 0 Å². The van der Waals surface area contributed by atoms with Crippen LogP contribution in [-0.2, 0) is 0 Å². The normalized spacial score (nSPS) is 17.7. The number of rotatable bonds is 2. The molecule has 1 unspecified atom stereocenters. The third-order valence-corrected chi connectivity index (χ3v) is 2.97. The van der Waals surface area contributed by atoms with Crippen LogP contribution in [0, 0.1) is 12.7 Å². The zero-order valence-corrected chi connectivity index (χ0v) is 8.96. The third kappa shape index (κ3) is 2.10. The molecule has 0 fully saturated rings. The molecule has 2 rings (SSSR count). The number of allylic oxidation sites excluding steroid dienone is 1. The first-order chi connectivity index (χ1) is 7.18. The molecule has 0 heterocycles. The van der Waals surface area contributed by atoms with Crippen molar-refractivity contribution in [2.24, 2.45) is 5.73 Å². The van der Waals surface area contributed by atoms with E-state index in [2.05, 4.69) is 6.08 Å². The second-order valence-electron chi connectivity index (χ2n) is 4.17. The van der Waals surface area contributed by atoms with Crippen molar-refractivity contribution in [2.75, 3.05) is 0 Å². The Balaban J connectivity index is 2.28. The van der Waals surface area contributed by atoms with Crippen molar-refractivity contribution in [3.05, 3.63) is 46.8 Å². The predicted octanol–water partition coefficient (Wildman–Crippen LogP) is 3.24. The van der Waals surface area contributed by atoms with Crippen molar-refractivity contribution in [1.82, 2.24) is 0 Å². The molecule has 15 heavy (non-hydrogen) atoms. The molecule has 1 aliphatic rings. The molecule has 0 bridgehead atoms. The maximum absolute atomic E-state index is 13.6. The average molecular weight is 205 g/mol. The number of benzene rings is 1. The van der Waals surface area contributed by atoms with E-state index in [9.17, 15) is 4.39 Å². The highest BCUT2D eigenvalue weighted by molar-refractivity contribution is 5.32. The van der Waals surface area contributed by atoms with Crippen LogP contribution in [0.3, 0.4) is 0 Å². The molecule has 0 radical (unpaired) electrons. The van der Waals surface area contributed by atoms with Gasteiger partial charge in [-0.05, 0) is 37.8 Å². The fraction of sp³-hybridized carbons (Fsp3) is 0.385. The van der Waals surface area contributed by atoms with Gasteiger partial charge in [0.25, 0.3) is 0 Å². The Labute approximate surface area is 89.8 Å². The standard InChI is InChI=1S/C13H16FN/c1-9-6-7-11(12(14)8-9)13(15)10-4-2-3-5-10/h4,6-8,13H,2-3,5,15H2,1H3. The molecular formula is C13H16FN. The van der Waals surface area contributed by atoms with Crippen LogP contribution in [0.25, 0.3) is 0 Å². The Morgan fingerprint density at radius 1 is 1.40 bits per heavy atom. The van der Waals surface area contributed by atoms with Gasteiger partial charge in [-0.15, -0.1) is 0 Å². The summed E-state index contributed by atoms with van der Waals surface area (Å²) in [5.41, 5.74) is 8.77. The number of nitrogens with two attached hydrogens (primary N) is 1. The first kappa shape index (κ1) is 10.4. The molecular weight excluding hydrogens is 189 g/mol. The largest absolute Gasteiger partial charge is 0.320 e. The average Bonchev–Trinajstić information content (AvgIpc) is 2.69. The SMILES string of the molecule is Cc1ccc(C(N)C2=CCCC2)c(F)c1. The van der Waals surface area contributed by atoms with Gasteiger partial charge < -0.3 is 5.73 Å². The van der Waals surface area contributed by atoms with Gasteiger partial charge in [0.1, 0.15) is 5.82 Å². The fourth-order valence-corrected chi connectivity index (χ4v) is 2.06. The molecule has 0 aliphatic heterocycles. The minimum absolute atomic E-state index is 0.185. The molecule has 2 heteroatoms. The van der Waals surface area contributed by atoms with Gasteiger partial charge >= 0.3 is 0 Å². The van der Waals surface area contributed by atoms with Crippen LogP contribution in [-0.4, -0.2) is 0 Å². The molecule has 2 N–H and O–H groups in total. The lowest BCUT2D eigenvalue weighted by molar-refractivity contribution is 0.594. The van der Waals surface area contributed by atoms with E-state index in [1.54, 1.807) is 12.1 Å². The molecule has 1 aromatic carbocycles. The fourth-order valence-electron chi connectivity index (χ4n) is 2.06. The van der Waals surface area contributed by atoms with E-state index in [4.69, 9.17) is 5.73 Å². The van der Waals surface area contributed by atoms with Gasteiger partial charge in [-0.2, -0.15) is 0 Å². The van der Waals surface area contributed by atoms with E-state index in [0.717, 1.165) is 24.8 Å². The molecule has 0 spiro atoms. The van der Waals surface area contributed by atoms with Crippen LogP contribution in [0.2, 0.25) is 0 Å². The van der Waals surface area contributed by atoms with Gasteiger partial charge in [0.05, 0.1) is 6.04 Å². The molecule has 0 saturated heterocycles. The number of hydrogen-bond acceptors (Lipinski definition) is 1. The third-order valence-electron chi connectivity index (χ3n) is 2.97. The van der Waals surface area contributed by atoms with Crippen molar-refractivity contribution >= 4 is 0 Å². The summed E-state index contributed by atoms with van der Waals surface area (Å²) >= 11 is 0. The van der Waals surface area contributed by atoms with E-state index in [1.165, 1.54) is 5.57 Å². The summed E-state index contributed by atoms with van der Waals surface area (Å²) in [6, 6.07) is 5.00. The lowest BCUT2D eigenvalue weighted by Crippen LogP contribution is -2.14. The minimum atomic E-state index is -0.256. The number of aryl methyl sites for hydroxylation is 1. The van der Waals surface area contributed by atoms with Crippen LogP contribution in [0.4, 0.5) is 4.39 Å². The Hall–Kier alpha value is -1.15. The monoisotopic (exact) mass is 205 g/mol. The van der Waals surface area contributed by atoms with E-state index >= 15 is 0 Å². The van der Waals surface area contributed by atoms with Gasteiger partial charge in [-0.25, -0.2) is 4.39 Å².